The van der Waals surface area contributed by atoms with Crippen molar-refractivity contribution in [2.75, 3.05) is 13.1 Å². The first-order valence-electron chi connectivity index (χ1n) is 5.18. The molecule has 0 spiro atoms. The zero-order valence-electron chi connectivity index (χ0n) is 8.28. The van der Waals surface area contributed by atoms with Crippen LogP contribution in [-0.4, -0.2) is 22.7 Å². The summed E-state index contributed by atoms with van der Waals surface area (Å²) in [6.07, 6.45) is 3.19. The molecule has 0 radical (unpaired) electrons. The van der Waals surface area contributed by atoms with E-state index in [0.29, 0.717) is 5.92 Å². The lowest BCUT2D eigenvalue weighted by atomic mass is 10.1. The largest absolute Gasteiger partial charge is 0.316 e. The summed E-state index contributed by atoms with van der Waals surface area (Å²) in [4.78, 5) is 0. The van der Waals surface area contributed by atoms with E-state index in [-0.39, 0.29) is 0 Å². The molecular weight excluding hydrogens is 254 g/mol. The molecule has 4 heteroatoms. The van der Waals surface area contributed by atoms with Crippen molar-refractivity contribution >= 4 is 21.4 Å². The van der Waals surface area contributed by atoms with Crippen LogP contribution in [0.1, 0.15) is 18.0 Å². The molecular formula is C11H12BrN3. The molecule has 3 nitrogen and oxygen atoms in total. The normalized spacial score (nSPS) is 21.3. The van der Waals surface area contributed by atoms with E-state index >= 15 is 0 Å². The molecule has 1 unspecified atom stereocenters. The Hall–Kier alpha value is -0.870. The third-order valence-corrected chi connectivity index (χ3v) is 3.42. The van der Waals surface area contributed by atoms with Crippen molar-refractivity contribution in [2.45, 2.75) is 12.3 Å². The van der Waals surface area contributed by atoms with Crippen LogP contribution in [0.5, 0.6) is 0 Å². The molecule has 0 aromatic carbocycles. The summed E-state index contributed by atoms with van der Waals surface area (Å²) in [6.45, 7) is 2.17. The van der Waals surface area contributed by atoms with Crippen LogP contribution in [0.2, 0.25) is 0 Å². The molecule has 0 aliphatic carbocycles. The van der Waals surface area contributed by atoms with E-state index < -0.39 is 0 Å². The molecule has 3 rings (SSSR count). The van der Waals surface area contributed by atoms with Crippen molar-refractivity contribution in [2.24, 2.45) is 0 Å². The number of hydrogen-bond acceptors (Lipinski definition) is 2. The van der Waals surface area contributed by atoms with Crippen LogP contribution in [0, 0.1) is 0 Å². The average Bonchev–Trinajstić information content (AvgIpc) is 2.84. The number of aromatic nitrogens is 2. The summed E-state index contributed by atoms with van der Waals surface area (Å²) in [5, 5.41) is 7.96. The summed E-state index contributed by atoms with van der Waals surface area (Å²) >= 11 is 3.47. The van der Waals surface area contributed by atoms with Gasteiger partial charge in [0.05, 0.1) is 11.2 Å². The van der Waals surface area contributed by atoms with Gasteiger partial charge in [0.15, 0.2) is 0 Å². The molecule has 1 atom stereocenters. The summed E-state index contributed by atoms with van der Waals surface area (Å²) in [6, 6.07) is 6.29. The molecule has 3 heterocycles. The van der Waals surface area contributed by atoms with Crippen molar-refractivity contribution in [3.63, 3.8) is 0 Å². The van der Waals surface area contributed by atoms with Crippen LogP contribution in [0.4, 0.5) is 0 Å². The standard InChI is InChI=1S/C11H12BrN3/c12-9-2-4-15-10(5-9)6-11(14-15)8-1-3-13-7-8/h2,4-6,8,13H,1,3,7H2. The molecule has 78 valence electrons. The lowest BCUT2D eigenvalue weighted by Crippen LogP contribution is -2.08. The van der Waals surface area contributed by atoms with Crippen molar-refractivity contribution in [3.8, 4) is 0 Å². The Morgan fingerprint density at radius 3 is 3.20 bits per heavy atom. The smallest absolute Gasteiger partial charge is 0.0679 e. The number of fused-ring (bicyclic) bond motifs is 1. The topological polar surface area (TPSA) is 29.3 Å². The van der Waals surface area contributed by atoms with Gasteiger partial charge in [-0.15, -0.1) is 0 Å². The molecule has 2 aromatic heterocycles. The van der Waals surface area contributed by atoms with Gasteiger partial charge in [0.2, 0.25) is 0 Å². The fourth-order valence-corrected chi connectivity index (χ4v) is 2.45. The molecule has 15 heavy (non-hydrogen) atoms. The van der Waals surface area contributed by atoms with Crippen molar-refractivity contribution < 1.29 is 0 Å². The monoisotopic (exact) mass is 265 g/mol. The van der Waals surface area contributed by atoms with Gasteiger partial charge in [0.25, 0.3) is 0 Å². The predicted molar refractivity (Wildman–Crippen MR) is 63.1 cm³/mol. The number of halogens is 1. The highest BCUT2D eigenvalue weighted by atomic mass is 79.9. The van der Waals surface area contributed by atoms with Crippen LogP contribution >= 0.6 is 15.9 Å². The number of pyridine rings is 1. The Kier molecular flexibility index (Phi) is 2.25. The zero-order chi connectivity index (χ0) is 10.3. The first-order chi connectivity index (χ1) is 7.33. The Balaban J connectivity index is 2.05. The maximum atomic E-state index is 4.59. The Morgan fingerprint density at radius 2 is 2.40 bits per heavy atom. The van der Waals surface area contributed by atoms with Gasteiger partial charge in [0.1, 0.15) is 0 Å². The average molecular weight is 266 g/mol. The van der Waals surface area contributed by atoms with Gasteiger partial charge in [0, 0.05) is 23.1 Å². The SMILES string of the molecule is Brc1ccn2nc(C3CCNC3)cc2c1. The molecule has 0 amide bonds. The van der Waals surface area contributed by atoms with Gasteiger partial charge >= 0.3 is 0 Å². The maximum Gasteiger partial charge on any atom is 0.0679 e. The highest BCUT2D eigenvalue weighted by molar-refractivity contribution is 9.10. The van der Waals surface area contributed by atoms with E-state index in [2.05, 4.69) is 38.5 Å². The van der Waals surface area contributed by atoms with E-state index in [1.54, 1.807) is 0 Å². The highest BCUT2D eigenvalue weighted by Gasteiger charge is 2.19. The minimum atomic E-state index is 0.587. The van der Waals surface area contributed by atoms with Gasteiger partial charge in [-0.05, 0) is 31.2 Å². The van der Waals surface area contributed by atoms with Gasteiger partial charge in [-0.25, -0.2) is 4.52 Å². The minimum absolute atomic E-state index is 0.587. The Labute approximate surface area is 96.6 Å². The lowest BCUT2D eigenvalue weighted by molar-refractivity contribution is 0.718. The molecule has 0 saturated carbocycles. The second-order valence-corrected chi connectivity index (χ2v) is 4.89. The van der Waals surface area contributed by atoms with Crippen LogP contribution in [0.3, 0.4) is 0 Å². The number of nitrogens with one attached hydrogen (secondary N) is 1. The van der Waals surface area contributed by atoms with Crippen molar-refractivity contribution in [1.82, 2.24) is 14.9 Å². The van der Waals surface area contributed by atoms with Gasteiger partial charge in [-0.1, -0.05) is 15.9 Å². The van der Waals surface area contributed by atoms with Crippen LogP contribution < -0.4 is 5.32 Å². The fourth-order valence-electron chi connectivity index (χ4n) is 2.09. The van der Waals surface area contributed by atoms with Crippen LogP contribution in [0.25, 0.3) is 5.52 Å². The molecule has 0 bridgehead atoms. The first kappa shape index (κ1) is 9.36. The van der Waals surface area contributed by atoms with E-state index in [0.717, 1.165) is 23.1 Å². The molecule has 1 aliphatic heterocycles. The molecule has 1 saturated heterocycles. The van der Waals surface area contributed by atoms with Gasteiger partial charge in [-0.2, -0.15) is 5.10 Å². The third-order valence-electron chi connectivity index (χ3n) is 2.92. The number of rotatable bonds is 1. The number of nitrogens with zero attached hydrogens (tertiary/aromatic N) is 2. The quantitative estimate of drug-likeness (QED) is 0.857. The van der Waals surface area contributed by atoms with E-state index in [1.807, 2.05) is 16.8 Å². The maximum absolute atomic E-state index is 4.59. The zero-order valence-corrected chi connectivity index (χ0v) is 9.87. The van der Waals surface area contributed by atoms with E-state index in [4.69, 9.17) is 0 Å². The van der Waals surface area contributed by atoms with Crippen LogP contribution in [-0.2, 0) is 0 Å². The molecule has 1 N–H and O–H groups in total. The van der Waals surface area contributed by atoms with Crippen molar-refractivity contribution in [1.29, 1.82) is 0 Å². The first-order valence-corrected chi connectivity index (χ1v) is 5.98. The predicted octanol–water partition coefficient (Wildman–Crippen LogP) is 2.17. The second-order valence-electron chi connectivity index (χ2n) is 3.97. The molecule has 2 aromatic rings. The Morgan fingerprint density at radius 1 is 1.47 bits per heavy atom. The Bertz CT molecular complexity index is 486. The summed E-state index contributed by atoms with van der Waals surface area (Å²) in [7, 11) is 0. The minimum Gasteiger partial charge on any atom is -0.316 e. The highest BCUT2D eigenvalue weighted by Crippen LogP contribution is 2.23. The van der Waals surface area contributed by atoms with Gasteiger partial charge in [-0.3, -0.25) is 0 Å². The van der Waals surface area contributed by atoms with E-state index in [9.17, 15) is 0 Å². The number of hydrogen-bond donors (Lipinski definition) is 1. The lowest BCUT2D eigenvalue weighted by Gasteiger charge is -2.01. The van der Waals surface area contributed by atoms with Crippen molar-refractivity contribution in [3.05, 3.63) is 34.6 Å². The van der Waals surface area contributed by atoms with E-state index in [1.165, 1.54) is 12.1 Å². The molecule has 1 fully saturated rings. The summed E-state index contributed by atoms with van der Waals surface area (Å²) in [5.41, 5.74) is 2.37. The van der Waals surface area contributed by atoms with Crippen LogP contribution in [0.15, 0.2) is 28.9 Å². The van der Waals surface area contributed by atoms with Gasteiger partial charge < -0.3 is 5.32 Å². The fraction of sp³-hybridized carbons (Fsp3) is 0.364. The third kappa shape index (κ3) is 1.68. The summed E-state index contributed by atoms with van der Waals surface area (Å²) in [5.74, 6) is 0.587. The second kappa shape index (κ2) is 3.61. The summed E-state index contributed by atoms with van der Waals surface area (Å²) < 4.78 is 3.05. The molecule has 1 aliphatic rings.